The molecule has 1 saturated heterocycles. The van der Waals surface area contributed by atoms with E-state index < -0.39 is 0 Å². The predicted octanol–water partition coefficient (Wildman–Crippen LogP) is 2.04. The van der Waals surface area contributed by atoms with Crippen molar-refractivity contribution in [3.63, 3.8) is 0 Å². The molecule has 0 bridgehead atoms. The Morgan fingerprint density at radius 1 is 1.53 bits per heavy atom. The van der Waals surface area contributed by atoms with Gasteiger partial charge in [-0.2, -0.15) is 0 Å². The van der Waals surface area contributed by atoms with Gasteiger partial charge >= 0.3 is 0 Å². The number of carbonyl (C=O) groups excluding carboxylic acids is 1. The van der Waals surface area contributed by atoms with Gasteiger partial charge in [0.2, 0.25) is 5.91 Å². The largest absolute Gasteiger partial charge is 0.392 e. The molecule has 1 aliphatic rings. The third kappa shape index (κ3) is 4.18. The second-order valence-electron chi connectivity index (χ2n) is 5.90. The lowest BCUT2D eigenvalue weighted by Crippen LogP contribution is -2.45. The van der Waals surface area contributed by atoms with E-state index in [9.17, 15) is 9.90 Å². The number of hydrogen-bond acceptors (Lipinski definition) is 3. The Balaban J connectivity index is 2.40. The zero-order valence-corrected chi connectivity index (χ0v) is 12.1. The summed E-state index contributed by atoms with van der Waals surface area (Å²) in [4.78, 5) is 11.9. The summed E-state index contributed by atoms with van der Waals surface area (Å²) < 4.78 is 0. The van der Waals surface area contributed by atoms with Gasteiger partial charge < -0.3 is 10.4 Å². The Hall–Kier alpha value is -0.220. The maximum Gasteiger partial charge on any atom is 0.233 e. The molecule has 0 saturated carbocycles. The average molecular weight is 259 g/mol. The first-order valence-electron chi connectivity index (χ1n) is 6.42. The van der Waals surface area contributed by atoms with Crippen LogP contribution in [0.4, 0.5) is 0 Å². The molecular weight excluding hydrogens is 234 g/mol. The molecule has 0 aromatic carbocycles. The molecule has 2 unspecified atom stereocenters. The maximum absolute atomic E-state index is 11.9. The van der Waals surface area contributed by atoms with Crippen LogP contribution in [0, 0.1) is 11.3 Å². The van der Waals surface area contributed by atoms with Crippen molar-refractivity contribution in [3.8, 4) is 0 Å². The molecule has 17 heavy (non-hydrogen) atoms. The topological polar surface area (TPSA) is 49.3 Å². The molecule has 1 rings (SSSR count). The van der Waals surface area contributed by atoms with E-state index in [0.29, 0.717) is 6.54 Å². The lowest BCUT2D eigenvalue weighted by atomic mass is 9.80. The van der Waals surface area contributed by atoms with Crippen LogP contribution < -0.4 is 5.32 Å². The van der Waals surface area contributed by atoms with Crippen LogP contribution in [0.5, 0.6) is 0 Å². The van der Waals surface area contributed by atoms with E-state index in [-0.39, 0.29) is 28.6 Å². The number of aliphatic hydroxyl groups is 1. The minimum Gasteiger partial charge on any atom is -0.392 e. The van der Waals surface area contributed by atoms with Gasteiger partial charge in [-0.3, -0.25) is 4.79 Å². The van der Waals surface area contributed by atoms with Crippen LogP contribution in [-0.4, -0.2) is 34.7 Å². The van der Waals surface area contributed by atoms with Gasteiger partial charge in [-0.15, -0.1) is 11.8 Å². The Kier molecular flexibility index (Phi) is 5.32. The third-order valence-electron chi connectivity index (χ3n) is 3.37. The molecule has 2 atom stereocenters. The molecule has 1 aliphatic heterocycles. The van der Waals surface area contributed by atoms with E-state index in [1.165, 1.54) is 0 Å². The molecule has 1 heterocycles. The zero-order valence-electron chi connectivity index (χ0n) is 11.3. The number of thioether (sulfide) groups is 1. The lowest BCUT2D eigenvalue weighted by Gasteiger charge is -2.33. The second kappa shape index (κ2) is 6.10. The molecule has 2 N–H and O–H groups in total. The SMILES string of the molecule is CC(C)C(O)C(C)(C)CNC(=O)C1CCCS1. The van der Waals surface area contributed by atoms with Crippen molar-refractivity contribution in [1.29, 1.82) is 0 Å². The second-order valence-corrected chi connectivity index (χ2v) is 7.21. The maximum atomic E-state index is 11.9. The summed E-state index contributed by atoms with van der Waals surface area (Å²) in [6.07, 6.45) is 1.74. The van der Waals surface area contributed by atoms with Crippen LogP contribution in [0.25, 0.3) is 0 Å². The fourth-order valence-corrected chi connectivity index (χ4v) is 3.41. The van der Waals surface area contributed by atoms with Crippen LogP contribution in [0.3, 0.4) is 0 Å². The van der Waals surface area contributed by atoms with Gasteiger partial charge in [0.05, 0.1) is 11.4 Å². The van der Waals surface area contributed by atoms with E-state index >= 15 is 0 Å². The number of aliphatic hydroxyl groups excluding tert-OH is 1. The Labute approximate surface area is 109 Å². The zero-order chi connectivity index (χ0) is 13.1. The molecule has 100 valence electrons. The van der Waals surface area contributed by atoms with Crippen molar-refractivity contribution < 1.29 is 9.90 Å². The highest BCUT2D eigenvalue weighted by Gasteiger charge is 2.32. The van der Waals surface area contributed by atoms with Gasteiger partial charge in [0, 0.05) is 12.0 Å². The first kappa shape index (κ1) is 14.8. The molecule has 1 amide bonds. The summed E-state index contributed by atoms with van der Waals surface area (Å²) in [5.41, 5.74) is -0.271. The van der Waals surface area contributed by atoms with Crippen molar-refractivity contribution in [2.45, 2.75) is 51.9 Å². The molecule has 0 spiro atoms. The highest BCUT2D eigenvalue weighted by molar-refractivity contribution is 8.00. The van der Waals surface area contributed by atoms with Crippen molar-refractivity contribution in [2.24, 2.45) is 11.3 Å². The van der Waals surface area contributed by atoms with Crippen LogP contribution in [0.15, 0.2) is 0 Å². The third-order valence-corrected chi connectivity index (χ3v) is 4.75. The lowest BCUT2D eigenvalue weighted by molar-refractivity contribution is -0.121. The van der Waals surface area contributed by atoms with E-state index in [4.69, 9.17) is 0 Å². The number of nitrogens with one attached hydrogen (secondary N) is 1. The van der Waals surface area contributed by atoms with Gasteiger partial charge in [-0.05, 0) is 24.5 Å². The van der Waals surface area contributed by atoms with Crippen LogP contribution in [0.2, 0.25) is 0 Å². The minimum atomic E-state index is -0.390. The van der Waals surface area contributed by atoms with Crippen molar-refractivity contribution in [2.75, 3.05) is 12.3 Å². The smallest absolute Gasteiger partial charge is 0.233 e. The van der Waals surface area contributed by atoms with E-state index in [1.54, 1.807) is 11.8 Å². The number of carbonyl (C=O) groups is 1. The monoisotopic (exact) mass is 259 g/mol. The number of amides is 1. The summed E-state index contributed by atoms with van der Waals surface area (Å²) in [5, 5.41) is 13.2. The van der Waals surface area contributed by atoms with Crippen molar-refractivity contribution >= 4 is 17.7 Å². The number of hydrogen-bond donors (Lipinski definition) is 2. The van der Waals surface area contributed by atoms with Crippen LogP contribution >= 0.6 is 11.8 Å². The van der Waals surface area contributed by atoms with Crippen LogP contribution in [-0.2, 0) is 4.79 Å². The molecule has 0 radical (unpaired) electrons. The average Bonchev–Trinajstić information content (AvgIpc) is 2.78. The summed E-state index contributed by atoms with van der Waals surface area (Å²) in [7, 11) is 0. The quantitative estimate of drug-likeness (QED) is 0.794. The molecule has 0 aliphatic carbocycles. The standard InChI is InChI=1S/C13H25NO2S/c1-9(2)11(15)13(3,4)8-14-12(16)10-6-5-7-17-10/h9-11,15H,5-8H2,1-4H3,(H,14,16). The van der Waals surface area contributed by atoms with Gasteiger partial charge in [-0.25, -0.2) is 0 Å². The van der Waals surface area contributed by atoms with Gasteiger partial charge in [0.15, 0.2) is 0 Å². The Bertz CT molecular complexity index is 260. The Morgan fingerprint density at radius 3 is 2.65 bits per heavy atom. The summed E-state index contributed by atoms with van der Waals surface area (Å²) >= 11 is 1.74. The van der Waals surface area contributed by atoms with E-state index in [2.05, 4.69) is 5.32 Å². The molecule has 0 aromatic heterocycles. The summed E-state index contributed by atoms with van der Waals surface area (Å²) in [6.45, 7) is 8.55. The molecule has 1 fully saturated rings. The minimum absolute atomic E-state index is 0.127. The number of rotatable bonds is 5. The fraction of sp³-hybridized carbons (Fsp3) is 0.923. The van der Waals surface area contributed by atoms with Crippen LogP contribution in [0.1, 0.15) is 40.5 Å². The van der Waals surface area contributed by atoms with Gasteiger partial charge in [0.1, 0.15) is 0 Å². The normalized spacial score (nSPS) is 22.8. The van der Waals surface area contributed by atoms with Gasteiger partial charge in [-0.1, -0.05) is 27.7 Å². The highest BCUT2D eigenvalue weighted by Crippen LogP contribution is 2.28. The van der Waals surface area contributed by atoms with E-state index in [0.717, 1.165) is 18.6 Å². The van der Waals surface area contributed by atoms with Crippen molar-refractivity contribution in [3.05, 3.63) is 0 Å². The predicted molar refractivity (Wildman–Crippen MR) is 73.1 cm³/mol. The summed E-state index contributed by atoms with van der Waals surface area (Å²) in [5.74, 6) is 1.44. The Morgan fingerprint density at radius 2 is 2.18 bits per heavy atom. The molecular formula is C13H25NO2S. The van der Waals surface area contributed by atoms with E-state index in [1.807, 2.05) is 27.7 Å². The molecule has 4 heteroatoms. The highest BCUT2D eigenvalue weighted by atomic mass is 32.2. The molecule has 0 aromatic rings. The molecule has 3 nitrogen and oxygen atoms in total. The summed E-state index contributed by atoms with van der Waals surface area (Å²) in [6, 6.07) is 0. The van der Waals surface area contributed by atoms with Gasteiger partial charge in [0.25, 0.3) is 0 Å². The van der Waals surface area contributed by atoms with Crippen molar-refractivity contribution in [1.82, 2.24) is 5.32 Å². The fourth-order valence-electron chi connectivity index (χ4n) is 2.22. The first-order chi connectivity index (χ1) is 7.84. The first-order valence-corrected chi connectivity index (χ1v) is 7.47.